The monoisotopic (exact) mass is 254 g/mol. The van der Waals surface area contributed by atoms with E-state index in [0.717, 1.165) is 5.56 Å². The Labute approximate surface area is 109 Å². The maximum atomic E-state index is 11.6. The van der Waals surface area contributed by atoms with Gasteiger partial charge >= 0.3 is 6.03 Å². The number of rotatable bonds is 2. The van der Waals surface area contributed by atoms with E-state index >= 15 is 0 Å². The number of carbonyl (C=O) groups is 1. The second-order valence-electron chi connectivity index (χ2n) is 3.83. The molecule has 0 saturated heterocycles. The van der Waals surface area contributed by atoms with Gasteiger partial charge in [-0.05, 0) is 11.6 Å². The van der Waals surface area contributed by atoms with Crippen molar-refractivity contribution >= 4 is 23.1 Å². The highest BCUT2D eigenvalue weighted by atomic mass is 16.2. The van der Waals surface area contributed by atoms with E-state index in [1.807, 2.05) is 6.07 Å². The van der Waals surface area contributed by atoms with Gasteiger partial charge in [-0.1, -0.05) is 12.1 Å². The lowest BCUT2D eigenvalue weighted by Crippen LogP contribution is -2.41. The van der Waals surface area contributed by atoms with E-state index in [-0.39, 0.29) is 11.7 Å². The first-order valence-electron chi connectivity index (χ1n) is 5.44. The zero-order chi connectivity index (χ0) is 13.8. The number of carbonyl (C=O) groups excluding carboxylic acids is 1. The van der Waals surface area contributed by atoms with Gasteiger partial charge in [0.15, 0.2) is 0 Å². The van der Waals surface area contributed by atoms with Gasteiger partial charge < -0.3 is 5.32 Å². The molecule has 0 saturated carbocycles. The van der Waals surface area contributed by atoms with E-state index in [9.17, 15) is 4.79 Å². The van der Waals surface area contributed by atoms with Gasteiger partial charge in [-0.3, -0.25) is 10.3 Å². The number of hydrogen-bond acceptors (Lipinski definition) is 5. The second-order valence-corrected chi connectivity index (χ2v) is 3.83. The normalized spacial score (nSPS) is 12.6. The maximum Gasteiger partial charge on any atom is 0.321 e. The van der Waals surface area contributed by atoms with Crippen LogP contribution in [-0.2, 0) is 6.54 Å². The predicted molar refractivity (Wildman–Crippen MR) is 69.4 cm³/mol. The van der Waals surface area contributed by atoms with Gasteiger partial charge in [0.1, 0.15) is 12.1 Å². The van der Waals surface area contributed by atoms with E-state index in [4.69, 9.17) is 10.5 Å². The van der Waals surface area contributed by atoms with Crippen molar-refractivity contribution in [2.75, 3.05) is 17.4 Å². The number of hydrogen-bond donors (Lipinski definition) is 2. The summed E-state index contributed by atoms with van der Waals surface area (Å²) in [5.74, 6) is 0. The van der Waals surface area contributed by atoms with Gasteiger partial charge in [0.2, 0.25) is 5.71 Å². The predicted octanol–water partition coefficient (Wildman–Crippen LogP) is 1.16. The van der Waals surface area contributed by atoms with Crippen molar-refractivity contribution in [1.82, 2.24) is 5.32 Å². The number of anilines is 2. The van der Waals surface area contributed by atoms with Gasteiger partial charge in [-0.2, -0.15) is 15.6 Å². The Morgan fingerprint density at radius 2 is 2.21 bits per heavy atom. The standard InChI is InChI=1S/C12H10N6O/c1-18-11-8(7-15-12(18)19)3-2-4-10(11)17-16-9(5-13)6-14/h2-4,17H,7H2,1H3,(H,15,19). The molecule has 1 aromatic carbocycles. The summed E-state index contributed by atoms with van der Waals surface area (Å²) >= 11 is 0. The molecule has 7 nitrogen and oxygen atoms in total. The molecule has 1 aliphatic rings. The fourth-order valence-corrected chi connectivity index (χ4v) is 1.80. The molecule has 0 aliphatic carbocycles. The molecule has 1 heterocycles. The molecule has 0 bridgehead atoms. The summed E-state index contributed by atoms with van der Waals surface area (Å²) in [5.41, 5.74) is 4.55. The lowest BCUT2D eigenvalue weighted by molar-refractivity contribution is 0.246. The first kappa shape index (κ1) is 12.4. The summed E-state index contributed by atoms with van der Waals surface area (Å²) in [6.45, 7) is 0.432. The van der Waals surface area contributed by atoms with Crippen LogP contribution in [0.4, 0.5) is 16.2 Å². The molecular weight excluding hydrogens is 244 g/mol. The summed E-state index contributed by atoms with van der Waals surface area (Å²) in [4.78, 5) is 13.1. The van der Waals surface area contributed by atoms with Crippen molar-refractivity contribution in [3.05, 3.63) is 23.8 Å². The Kier molecular flexibility index (Phi) is 3.31. The van der Waals surface area contributed by atoms with E-state index in [0.29, 0.717) is 17.9 Å². The quantitative estimate of drug-likeness (QED) is 0.610. The van der Waals surface area contributed by atoms with E-state index in [1.54, 1.807) is 31.3 Å². The van der Waals surface area contributed by atoms with Gasteiger partial charge in [-0.15, -0.1) is 0 Å². The minimum Gasteiger partial charge on any atom is -0.334 e. The lowest BCUT2D eigenvalue weighted by Gasteiger charge is -2.28. The Hall–Kier alpha value is -3.06. The van der Waals surface area contributed by atoms with E-state index in [1.165, 1.54) is 4.90 Å². The first-order valence-corrected chi connectivity index (χ1v) is 5.44. The Balaban J connectivity index is 2.39. The minimum atomic E-state index is -0.277. The summed E-state index contributed by atoms with van der Waals surface area (Å²) in [6, 6.07) is 8.51. The SMILES string of the molecule is CN1C(=O)NCc2cccc(NN=C(C#N)C#N)c21. The Morgan fingerprint density at radius 3 is 2.89 bits per heavy atom. The van der Waals surface area contributed by atoms with Crippen LogP contribution in [-0.4, -0.2) is 18.8 Å². The molecule has 1 aromatic rings. The van der Waals surface area contributed by atoms with Crippen LogP contribution in [0.1, 0.15) is 5.56 Å². The minimum absolute atomic E-state index is 0.216. The van der Waals surface area contributed by atoms with Crippen LogP contribution in [0.2, 0.25) is 0 Å². The number of nitrogens with zero attached hydrogens (tertiary/aromatic N) is 4. The summed E-state index contributed by atoms with van der Waals surface area (Å²) in [5, 5.41) is 23.6. The van der Waals surface area contributed by atoms with Gasteiger partial charge in [0.05, 0.1) is 11.4 Å². The highest BCUT2D eigenvalue weighted by Gasteiger charge is 2.22. The number of nitrogens with one attached hydrogen (secondary N) is 2. The number of hydrazone groups is 1. The Bertz CT molecular complexity index is 621. The molecule has 0 radical (unpaired) electrons. The molecule has 2 N–H and O–H groups in total. The van der Waals surface area contributed by atoms with E-state index in [2.05, 4.69) is 15.8 Å². The zero-order valence-corrected chi connectivity index (χ0v) is 10.1. The molecule has 0 fully saturated rings. The maximum absolute atomic E-state index is 11.6. The first-order chi connectivity index (χ1) is 9.17. The molecule has 2 amide bonds. The number of benzene rings is 1. The molecule has 1 aliphatic heterocycles. The van der Waals surface area contributed by atoms with Crippen LogP contribution in [0.5, 0.6) is 0 Å². The highest BCUT2D eigenvalue weighted by molar-refractivity contribution is 6.10. The van der Waals surface area contributed by atoms with Crippen molar-refractivity contribution in [2.24, 2.45) is 5.10 Å². The number of fused-ring (bicyclic) bond motifs is 1. The zero-order valence-electron chi connectivity index (χ0n) is 10.1. The third kappa shape index (κ3) is 2.31. The highest BCUT2D eigenvalue weighted by Crippen LogP contribution is 2.31. The van der Waals surface area contributed by atoms with Crippen LogP contribution >= 0.6 is 0 Å². The van der Waals surface area contributed by atoms with Crippen LogP contribution in [0.3, 0.4) is 0 Å². The van der Waals surface area contributed by atoms with Gasteiger partial charge in [0.25, 0.3) is 0 Å². The smallest absolute Gasteiger partial charge is 0.321 e. The Morgan fingerprint density at radius 1 is 1.47 bits per heavy atom. The average Bonchev–Trinajstić information content (AvgIpc) is 2.44. The molecule has 19 heavy (non-hydrogen) atoms. The van der Waals surface area contributed by atoms with E-state index < -0.39 is 0 Å². The number of amides is 2. The van der Waals surface area contributed by atoms with Crippen molar-refractivity contribution in [2.45, 2.75) is 6.54 Å². The lowest BCUT2D eigenvalue weighted by atomic mass is 10.1. The topological polar surface area (TPSA) is 104 Å². The van der Waals surface area contributed by atoms with Gasteiger partial charge in [0, 0.05) is 13.6 Å². The van der Waals surface area contributed by atoms with Crippen molar-refractivity contribution in [3.8, 4) is 12.1 Å². The second kappa shape index (κ2) is 5.07. The molecule has 7 heteroatoms. The number of urea groups is 1. The molecule has 0 atom stereocenters. The van der Waals surface area contributed by atoms with Crippen LogP contribution in [0.15, 0.2) is 23.3 Å². The van der Waals surface area contributed by atoms with Crippen LogP contribution in [0.25, 0.3) is 0 Å². The summed E-state index contributed by atoms with van der Waals surface area (Å²) in [6.07, 6.45) is 0. The van der Waals surface area contributed by atoms with Crippen LogP contribution in [0, 0.1) is 22.7 Å². The third-order valence-corrected chi connectivity index (χ3v) is 2.69. The molecule has 94 valence electrons. The third-order valence-electron chi connectivity index (χ3n) is 2.69. The van der Waals surface area contributed by atoms with Crippen molar-refractivity contribution in [3.63, 3.8) is 0 Å². The molecule has 0 aromatic heterocycles. The summed E-state index contributed by atoms with van der Waals surface area (Å²) < 4.78 is 0. The molecule has 2 rings (SSSR count). The summed E-state index contributed by atoms with van der Waals surface area (Å²) in [7, 11) is 1.64. The van der Waals surface area contributed by atoms with Crippen molar-refractivity contribution < 1.29 is 4.79 Å². The molecular formula is C12H10N6O. The fourth-order valence-electron chi connectivity index (χ4n) is 1.80. The average molecular weight is 254 g/mol. The fraction of sp³-hybridized carbons (Fsp3) is 0.167. The van der Waals surface area contributed by atoms with Crippen molar-refractivity contribution in [1.29, 1.82) is 10.5 Å². The van der Waals surface area contributed by atoms with Gasteiger partial charge in [-0.25, -0.2) is 4.79 Å². The number of nitriles is 2. The largest absolute Gasteiger partial charge is 0.334 e. The van der Waals surface area contributed by atoms with Crippen LogP contribution < -0.4 is 15.6 Å². The molecule has 0 unspecified atom stereocenters. The number of para-hydroxylation sites is 1. The molecule has 0 spiro atoms.